The molecule has 2 fully saturated rings. The number of hydrogen-bond acceptors (Lipinski definition) is 8. The Labute approximate surface area is 182 Å². The normalized spacial score (nSPS) is 22.0. The molecule has 2 aliphatic heterocycles. The van der Waals surface area contributed by atoms with Crippen LogP contribution in [0.1, 0.15) is 5.69 Å². The quantitative estimate of drug-likeness (QED) is 0.740. The first-order valence-corrected chi connectivity index (χ1v) is 9.93. The van der Waals surface area contributed by atoms with E-state index in [9.17, 15) is 13.2 Å². The Morgan fingerprint density at radius 1 is 1.06 bits per heavy atom. The van der Waals surface area contributed by atoms with Gasteiger partial charge in [0.2, 0.25) is 5.95 Å². The number of pyridine rings is 1. The number of ether oxygens (including phenoxy) is 2. The van der Waals surface area contributed by atoms with Crippen LogP contribution in [-0.2, 0) is 20.8 Å². The van der Waals surface area contributed by atoms with Crippen molar-refractivity contribution in [2.45, 2.75) is 18.3 Å². The largest absolute Gasteiger partial charge is 0.490 e. The predicted molar refractivity (Wildman–Crippen MR) is 107 cm³/mol. The van der Waals surface area contributed by atoms with E-state index in [1.807, 2.05) is 24.4 Å². The maximum atomic E-state index is 10.6. The van der Waals surface area contributed by atoms with Gasteiger partial charge in [-0.15, -0.1) is 0 Å². The van der Waals surface area contributed by atoms with Gasteiger partial charge in [-0.05, 0) is 18.2 Å². The molecule has 0 saturated carbocycles. The number of aromatic nitrogens is 3. The van der Waals surface area contributed by atoms with Crippen molar-refractivity contribution in [2.24, 2.45) is 0 Å². The fourth-order valence-electron chi connectivity index (χ4n) is 3.49. The van der Waals surface area contributed by atoms with Crippen LogP contribution >= 0.6 is 0 Å². The molecule has 2 aromatic heterocycles. The van der Waals surface area contributed by atoms with Crippen molar-refractivity contribution in [3.63, 3.8) is 0 Å². The summed E-state index contributed by atoms with van der Waals surface area (Å²) in [6.45, 7) is 5.99. The molecule has 0 aromatic carbocycles. The average molecular weight is 455 g/mol. The summed E-state index contributed by atoms with van der Waals surface area (Å²) in [4.78, 5) is 26.7. The summed E-state index contributed by atoms with van der Waals surface area (Å²) >= 11 is 0. The van der Waals surface area contributed by atoms with Crippen LogP contribution in [0.15, 0.2) is 42.9 Å². The second-order valence-electron chi connectivity index (χ2n) is 7.39. The molecule has 4 rings (SSSR count). The highest BCUT2D eigenvalue weighted by Gasteiger charge is 2.41. The second-order valence-corrected chi connectivity index (χ2v) is 7.39. The average Bonchev–Trinajstić information content (AvgIpc) is 2.97. The van der Waals surface area contributed by atoms with Crippen molar-refractivity contribution in [3.05, 3.63) is 48.5 Å². The van der Waals surface area contributed by atoms with Gasteiger partial charge in [-0.25, -0.2) is 14.8 Å². The molecule has 174 valence electrons. The lowest BCUT2D eigenvalue weighted by Gasteiger charge is -2.43. The van der Waals surface area contributed by atoms with E-state index in [1.54, 1.807) is 12.4 Å². The van der Waals surface area contributed by atoms with Crippen LogP contribution < -0.4 is 4.90 Å². The van der Waals surface area contributed by atoms with E-state index in [1.165, 1.54) is 0 Å². The van der Waals surface area contributed by atoms with Crippen molar-refractivity contribution in [2.75, 3.05) is 50.9 Å². The summed E-state index contributed by atoms with van der Waals surface area (Å²) in [5, 5.41) is 7.12. The van der Waals surface area contributed by atoms with Gasteiger partial charge in [0.05, 0.1) is 32.1 Å². The number of carbonyl (C=O) groups is 1. The Kier molecular flexibility index (Phi) is 7.94. The van der Waals surface area contributed by atoms with Crippen LogP contribution in [0.25, 0.3) is 0 Å². The molecule has 2 aromatic rings. The number of hydrogen-bond donors (Lipinski definition) is 1. The topological polar surface area (TPSA) is 101 Å². The number of carboxylic acids is 1. The zero-order chi connectivity index (χ0) is 23.0. The van der Waals surface area contributed by atoms with Gasteiger partial charge in [-0.1, -0.05) is 6.07 Å². The highest BCUT2D eigenvalue weighted by molar-refractivity contribution is 5.73. The Morgan fingerprint density at radius 2 is 1.78 bits per heavy atom. The van der Waals surface area contributed by atoms with Crippen LogP contribution in [0, 0.1) is 0 Å². The SMILES string of the molecule is O=C(O)C(F)(F)F.c1ccc(CN2CCOC3(COCCN(c4ncccn4)C3)C2)nc1. The molecule has 9 nitrogen and oxygen atoms in total. The Hall–Kier alpha value is -2.83. The Bertz CT molecular complexity index is 859. The molecule has 12 heteroatoms. The number of halogens is 3. The van der Waals surface area contributed by atoms with Gasteiger partial charge < -0.3 is 19.5 Å². The smallest absolute Gasteiger partial charge is 0.475 e. The minimum absolute atomic E-state index is 0.358. The molecule has 0 amide bonds. The van der Waals surface area contributed by atoms with Crippen LogP contribution in [-0.4, -0.2) is 88.7 Å². The molecular formula is C20H24F3N5O4. The van der Waals surface area contributed by atoms with E-state index < -0.39 is 12.1 Å². The molecule has 1 N–H and O–H groups in total. The molecule has 0 aliphatic carbocycles. The minimum Gasteiger partial charge on any atom is -0.475 e. The fraction of sp³-hybridized carbons (Fsp3) is 0.500. The lowest BCUT2D eigenvalue weighted by molar-refractivity contribution is -0.192. The van der Waals surface area contributed by atoms with Gasteiger partial charge in [-0.3, -0.25) is 9.88 Å². The van der Waals surface area contributed by atoms with E-state index in [-0.39, 0.29) is 5.60 Å². The zero-order valence-electron chi connectivity index (χ0n) is 17.2. The molecule has 4 heterocycles. The monoisotopic (exact) mass is 455 g/mol. The third-order valence-electron chi connectivity index (χ3n) is 4.87. The van der Waals surface area contributed by atoms with E-state index in [2.05, 4.69) is 30.8 Å². The van der Waals surface area contributed by atoms with Gasteiger partial charge in [0.15, 0.2) is 0 Å². The Morgan fingerprint density at radius 3 is 2.44 bits per heavy atom. The van der Waals surface area contributed by atoms with Crippen LogP contribution in [0.3, 0.4) is 0 Å². The molecule has 2 saturated heterocycles. The van der Waals surface area contributed by atoms with Gasteiger partial charge in [-0.2, -0.15) is 13.2 Å². The third kappa shape index (κ3) is 6.84. The molecule has 1 atom stereocenters. The molecule has 0 radical (unpaired) electrons. The summed E-state index contributed by atoms with van der Waals surface area (Å²) in [6, 6.07) is 7.87. The molecule has 2 aliphatic rings. The van der Waals surface area contributed by atoms with Gasteiger partial charge in [0.1, 0.15) is 5.60 Å². The summed E-state index contributed by atoms with van der Waals surface area (Å²) in [7, 11) is 0. The summed E-state index contributed by atoms with van der Waals surface area (Å²) in [5.41, 5.74) is 0.722. The van der Waals surface area contributed by atoms with Crippen LogP contribution in [0.2, 0.25) is 0 Å². The highest BCUT2D eigenvalue weighted by Crippen LogP contribution is 2.25. The van der Waals surface area contributed by atoms with Gasteiger partial charge >= 0.3 is 12.1 Å². The predicted octanol–water partition coefficient (Wildman–Crippen LogP) is 1.61. The van der Waals surface area contributed by atoms with Gasteiger partial charge in [0.25, 0.3) is 0 Å². The van der Waals surface area contributed by atoms with E-state index in [0.29, 0.717) is 19.8 Å². The third-order valence-corrected chi connectivity index (χ3v) is 4.87. The summed E-state index contributed by atoms with van der Waals surface area (Å²) < 4.78 is 43.8. The van der Waals surface area contributed by atoms with E-state index >= 15 is 0 Å². The number of anilines is 1. The number of nitrogens with zero attached hydrogens (tertiary/aromatic N) is 5. The van der Waals surface area contributed by atoms with E-state index in [4.69, 9.17) is 19.4 Å². The maximum absolute atomic E-state index is 10.6. The summed E-state index contributed by atoms with van der Waals surface area (Å²) in [6.07, 6.45) is 0.306. The highest BCUT2D eigenvalue weighted by atomic mass is 19.4. The first-order valence-electron chi connectivity index (χ1n) is 9.93. The lowest BCUT2D eigenvalue weighted by atomic mass is 10.0. The number of carboxylic acid groups (broad SMARTS) is 1. The molecule has 0 bridgehead atoms. The van der Waals surface area contributed by atoms with Crippen molar-refractivity contribution in [1.82, 2.24) is 19.9 Å². The zero-order valence-corrected chi connectivity index (χ0v) is 17.2. The summed E-state index contributed by atoms with van der Waals surface area (Å²) in [5.74, 6) is -2.02. The fourth-order valence-corrected chi connectivity index (χ4v) is 3.49. The first-order chi connectivity index (χ1) is 15.3. The van der Waals surface area contributed by atoms with Crippen molar-refractivity contribution in [1.29, 1.82) is 0 Å². The van der Waals surface area contributed by atoms with Gasteiger partial charge in [0, 0.05) is 44.8 Å². The van der Waals surface area contributed by atoms with E-state index in [0.717, 1.165) is 44.4 Å². The Balaban J connectivity index is 0.000000360. The van der Waals surface area contributed by atoms with Crippen LogP contribution in [0.5, 0.6) is 0 Å². The molecular weight excluding hydrogens is 431 g/mol. The van der Waals surface area contributed by atoms with Crippen molar-refractivity contribution in [3.8, 4) is 0 Å². The standard InChI is InChI=1S/C18H23N5O2.C2HF3O2/c1-2-5-19-16(4-1)12-22-8-11-25-18(13-22)14-23(9-10-24-15-18)17-20-6-3-7-21-17;3-2(4,5)1(6)7/h1-7H,8-15H2;(H,6,7). The maximum Gasteiger partial charge on any atom is 0.490 e. The number of rotatable bonds is 3. The molecule has 1 spiro atoms. The second kappa shape index (κ2) is 10.7. The minimum atomic E-state index is -5.08. The first kappa shape index (κ1) is 23.8. The van der Waals surface area contributed by atoms with Crippen LogP contribution in [0.4, 0.5) is 19.1 Å². The van der Waals surface area contributed by atoms with Crippen molar-refractivity contribution < 1.29 is 32.5 Å². The molecule has 32 heavy (non-hydrogen) atoms. The molecule has 1 unspecified atom stereocenters. The van der Waals surface area contributed by atoms with Crippen molar-refractivity contribution >= 4 is 11.9 Å². The number of aliphatic carboxylic acids is 1. The lowest BCUT2D eigenvalue weighted by Crippen LogP contribution is -2.58. The number of alkyl halides is 3. The number of morpholine rings is 1.